The minimum absolute atomic E-state index is 0.0395. The van der Waals surface area contributed by atoms with Crippen molar-refractivity contribution in [1.82, 2.24) is 40.8 Å². The van der Waals surface area contributed by atoms with Gasteiger partial charge in [0.2, 0.25) is 0 Å². The largest absolute Gasteiger partial charge is 0.290 e. The van der Waals surface area contributed by atoms with Gasteiger partial charge in [-0.25, -0.2) is 4.68 Å². The van der Waals surface area contributed by atoms with Gasteiger partial charge in [-0.1, -0.05) is 37.3 Å². The van der Waals surface area contributed by atoms with Gasteiger partial charge >= 0.3 is 0 Å². The molecule has 2 amide bonds. The zero-order valence-electron chi connectivity index (χ0n) is 16.5. The SMILES string of the molecule is CCCn1nc(C(=O)NNC(=O)c2ccccc2-n2cnnn2)c2ccccc2c1=O. The summed E-state index contributed by atoms with van der Waals surface area (Å²) in [6, 6.07) is 13.4. The Kier molecular flexibility index (Phi) is 5.47. The number of nitrogens with one attached hydrogen (secondary N) is 2. The number of hydrogen-bond acceptors (Lipinski definition) is 7. The monoisotopic (exact) mass is 418 g/mol. The molecule has 0 unspecified atom stereocenters. The fourth-order valence-electron chi connectivity index (χ4n) is 3.14. The van der Waals surface area contributed by atoms with Crippen molar-refractivity contribution in [2.75, 3.05) is 0 Å². The second-order valence-corrected chi connectivity index (χ2v) is 6.60. The number of carbonyl (C=O) groups is 2. The lowest BCUT2D eigenvalue weighted by Crippen LogP contribution is -2.43. The Morgan fingerprint density at radius 1 is 0.968 bits per heavy atom. The van der Waals surface area contributed by atoms with Crippen LogP contribution in [0.15, 0.2) is 59.7 Å². The predicted octanol–water partition coefficient (Wildman–Crippen LogP) is 0.857. The van der Waals surface area contributed by atoms with E-state index in [1.54, 1.807) is 48.5 Å². The van der Waals surface area contributed by atoms with E-state index in [4.69, 9.17) is 0 Å². The first kappa shape index (κ1) is 19.9. The Labute approximate surface area is 175 Å². The number of carbonyl (C=O) groups excluding carboxylic acids is 2. The zero-order chi connectivity index (χ0) is 21.8. The molecule has 0 aliphatic rings. The number of fused-ring (bicyclic) bond motifs is 1. The van der Waals surface area contributed by atoms with Crippen LogP contribution < -0.4 is 16.4 Å². The molecule has 0 fully saturated rings. The maximum Gasteiger partial charge on any atom is 0.290 e. The van der Waals surface area contributed by atoms with E-state index in [9.17, 15) is 14.4 Å². The van der Waals surface area contributed by atoms with Crippen molar-refractivity contribution in [3.63, 3.8) is 0 Å². The molecule has 11 nitrogen and oxygen atoms in total. The van der Waals surface area contributed by atoms with E-state index in [0.29, 0.717) is 29.4 Å². The Bertz CT molecular complexity index is 1310. The van der Waals surface area contributed by atoms with Gasteiger partial charge in [-0.3, -0.25) is 25.2 Å². The molecule has 0 saturated carbocycles. The first-order valence-corrected chi connectivity index (χ1v) is 9.53. The smallest absolute Gasteiger partial charge is 0.267 e. The van der Waals surface area contributed by atoms with Crippen LogP contribution in [0.2, 0.25) is 0 Å². The van der Waals surface area contributed by atoms with E-state index >= 15 is 0 Å². The summed E-state index contributed by atoms with van der Waals surface area (Å²) in [6.45, 7) is 2.28. The van der Waals surface area contributed by atoms with Gasteiger partial charge < -0.3 is 0 Å². The second-order valence-electron chi connectivity index (χ2n) is 6.60. The summed E-state index contributed by atoms with van der Waals surface area (Å²) in [5.74, 6) is -1.21. The number of nitrogens with zero attached hydrogens (tertiary/aromatic N) is 6. The van der Waals surface area contributed by atoms with Gasteiger partial charge in [-0.2, -0.15) is 9.78 Å². The van der Waals surface area contributed by atoms with E-state index in [-0.39, 0.29) is 16.8 Å². The molecule has 11 heteroatoms. The van der Waals surface area contributed by atoms with Crippen LogP contribution in [0.25, 0.3) is 16.5 Å². The van der Waals surface area contributed by atoms with Gasteiger partial charge in [0.15, 0.2) is 5.69 Å². The number of para-hydroxylation sites is 1. The van der Waals surface area contributed by atoms with E-state index in [2.05, 4.69) is 31.5 Å². The molecule has 156 valence electrons. The van der Waals surface area contributed by atoms with Gasteiger partial charge in [-0.15, -0.1) is 5.10 Å². The number of aryl methyl sites for hydroxylation is 1. The van der Waals surface area contributed by atoms with Gasteiger partial charge in [0, 0.05) is 11.9 Å². The molecule has 0 spiro atoms. The number of hydrazine groups is 1. The molecule has 0 aliphatic carbocycles. The third kappa shape index (κ3) is 3.88. The van der Waals surface area contributed by atoms with Crippen LogP contribution in [0.5, 0.6) is 0 Å². The van der Waals surface area contributed by atoms with Crippen molar-refractivity contribution >= 4 is 22.6 Å². The van der Waals surface area contributed by atoms with Crippen LogP contribution in [-0.4, -0.2) is 41.8 Å². The van der Waals surface area contributed by atoms with E-state index in [1.165, 1.54) is 15.7 Å². The maximum absolute atomic E-state index is 12.8. The van der Waals surface area contributed by atoms with E-state index in [1.807, 2.05) is 6.92 Å². The molecular weight excluding hydrogens is 400 g/mol. The number of aromatic nitrogens is 6. The van der Waals surface area contributed by atoms with Gasteiger partial charge in [-0.05, 0) is 35.0 Å². The summed E-state index contributed by atoms with van der Waals surface area (Å²) < 4.78 is 2.60. The lowest BCUT2D eigenvalue weighted by Gasteiger charge is -2.12. The van der Waals surface area contributed by atoms with Crippen molar-refractivity contribution in [1.29, 1.82) is 0 Å². The van der Waals surface area contributed by atoms with Crippen LogP contribution >= 0.6 is 0 Å². The molecule has 4 aromatic rings. The third-order valence-corrected chi connectivity index (χ3v) is 4.55. The van der Waals surface area contributed by atoms with Crippen LogP contribution in [0.3, 0.4) is 0 Å². The molecule has 0 radical (unpaired) electrons. The number of amides is 2. The average molecular weight is 418 g/mol. The first-order valence-electron chi connectivity index (χ1n) is 9.53. The molecule has 2 aromatic carbocycles. The number of rotatable bonds is 5. The molecule has 31 heavy (non-hydrogen) atoms. The number of hydrogen-bond donors (Lipinski definition) is 2. The summed E-state index contributed by atoms with van der Waals surface area (Å²) in [5.41, 5.74) is 5.22. The highest BCUT2D eigenvalue weighted by Crippen LogP contribution is 2.14. The summed E-state index contributed by atoms with van der Waals surface area (Å²) in [4.78, 5) is 38.1. The standard InChI is InChI=1S/C20H18N8O3/c1-2-11-27-20(31)14-8-4-3-7-13(14)17(24-27)19(30)23-22-18(29)15-9-5-6-10-16(15)28-12-21-25-26-28/h3-10,12H,2,11H2,1H3,(H,22,29)(H,23,30). The van der Waals surface area contributed by atoms with Crippen molar-refractivity contribution in [3.8, 4) is 5.69 Å². The van der Waals surface area contributed by atoms with Crippen LogP contribution in [-0.2, 0) is 6.54 Å². The highest BCUT2D eigenvalue weighted by molar-refractivity contribution is 6.06. The lowest BCUT2D eigenvalue weighted by atomic mass is 10.1. The highest BCUT2D eigenvalue weighted by atomic mass is 16.2. The number of tetrazole rings is 1. The van der Waals surface area contributed by atoms with Gasteiger partial charge in [0.25, 0.3) is 17.4 Å². The molecule has 0 atom stereocenters. The Hall–Kier alpha value is -4.41. The third-order valence-electron chi connectivity index (χ3n) is 4.55. The maximum atomic E-state index is 12.8. The van der Waals surface area contributed by atoms with Gasteiger partial charge in [0.1, 0.15) is 6.33 Å². The molecule has 2 N–H and O–H groups in total. The van der Waals surface area contributed by atoms with Gasteiger partial charge in [0.05, 0.1) is 16.6 Å². The van der Waals surface area contributed by atoms with Crippen molar-refractivity contribution in [3.05, 3.63) is 76.5 Å². The summed E-state index contributed by atoms with van der Waals surface area (Å²) in [7, 11) is 0. The lowest BCUT2D eigenvalue weighted by molar-refractivity contribution is 0.0843. The summed E-state index contributed by atoms with van der Waals surface area (Å²) in [6.07, 6.45) is 2.04. The molecule has 2 aromatic heterocycles. The molecule has 0 aliphatic heterocycles. The fraction of sp³-hybridized carbons (Fsp3) is 0.150. The average Bonchev–Trinajstić information content (AvgIpc) is 3.34. The second kappa shape index (κ2) is 8.53. The van der Waals surface area contributed by atoms with Crippen LogP contribution in [0.1, 0.15) is 34.2 Å². The predicted molar refractivity (Wildman–Crippen MR) is 110 cm³/mol. The zero-order valence-corrected chi connectivity index (χ0v) is 16.5. The topological polar surface area (TPSA) is 137 Å². The summed E-state index contributed by atoms with van der Waals surface area (Å²) >= 11 is 0. The van der Waals surface area contributed by atoms with Crippen molar-refractivity contribution in [2.45, 2.75) is 19.9 Å². The fourth-order valence-corrected chi connectivity index (χ4v) is 3.14. The summed E-state index contributed by atoms with van der Waals surface area (Å²) in [5, 5.41) is 15.9. The van der Waals surface area contributed by atoms with Crippen LogP contribution in [0.4, 0.5) is 0 Å². The van der Waals surface area contributed by atoms with Crippen molar-refractivity contribution < 1.29 is 9.59 Å². The molecule has 0 saturated heterocycles. The Balaban J connectivity index is 1.60. The number of benzene rings is 2. The quantitative estimate of drug-likeness (QED) is 0.459. The first-order chi connectivity index (χ1) is 15.1. The minimum Gasteiger partial charge on any atom is -0.267 e. The molecule has 2 heterocycles. The normalized spacial score (nSPS) is 10.7. The van der Waals surface area contributed by atoms with E-state index in [0.717, 1.165) is 0 Å². The van der Waals surface area contributed by atoms with E-state index < -0.39 is 11.8 Å². The Morgan fingerprint density at radius 3 is 2.42 bits per heavy atom. The van der Waals surface area contributed by atoms with Crippen molar-refractivity contribution in [2.24, 2.45) is 0 Å². The minimum atomic E-state index is -0.644. The molecule has 4 rings (SSSR count). The molecular formula is C20H18N8O3. The molecule has 0 bridgehead atoms. The highest BCUT2D eigenvalue weighted by Gasteiger charge is 2.18. The van der Waals surface area contributed by atoms with Crippen LogP contribution in [0, 0.1) is 0 Å². The Morgan fingerprint density at radius 2 is 1.68 bits per heavy atom.